The minimum atomic E-state index is -0.148. The van der Waals surface area contributed by atoms with Crippen LogP contribution < -0.4 is 5.32 Å². The minimum absolute atomic E-state index is 0.0541. The highest BCUT2D eigenvalue weighted by atomic mass is 16.1. The first kappa shape index (κ1) is 22.1. The first-order chi connectivity index (χ1) is 14.5. The van der Waals surface area contributed by atoms with Crippen molar-refractivity contribution in [2.75, 3.05) is 0 Å². The van der Waals surface area contributed by atoms with Gasteiger partial charge < -0.3 is 9.88 Å². The highest BCUT2D eigenvalue weighted by molar-refractivity contribution is 5.79. The van der Waals surface area contributed by atoms with Crippen molar-refractivity contribution in [3.05, 3.63) is 65.5 Å². The number of hydrogen-bond acceptors (Lipinski definition) is 2. The number of amides is 1. The SMILES string of the molecule is CCC(CC)C(=O)NC(C)c1nc2ccccc2n1Cc1ccc(C(C)CC)cc1. The van der Waals surface area contributed by atoms with Crippen LogP contribution in [0.1, 0.15) is 82.8 Å². The van der Waals surface area contributed by atoms with Crippen LogP contribution >= 0.6 is 0 Å². The van der Waals surface area contributed by atoms with E-state index in [1.165, 1.54) is 11.1 Å². The zero-order valence-electron chi connectivity index (χ0n) is 19.0. The summed E-state index contributed by atoms with van der Waals surface area (Å²) in [5, 5.41) is 3.19. The molecule has 0 saturated heterocycles. The molecule has 160 valence electrons. The third-order valence-corrected chi connectivity index (χ3v) is 6.29. The van der Waals surface area contributed by atoms with Crippen molar-refractivity contribution in [1.82, 2.24) is 14.9 Å². The molecule has 0 fully saturated rings. The molecule has 3 rings (SSSR count). The Morgan fingerprint density at radius 3 is 2.27 bits per heavy atom. The van der Waals surface area contributed by atoms with Crippen molar-refractivity contribution in [3.63, 3.8) is 0 Å². The van der Waals surface area contributed by atoms with E-state index in [1.807, 2.05) is 25.1 Å². The van der Waals surface area contributed by atoms with Crippen molar-refractivity contribution in [2.45, 2.75) is 72.4 Å². The lowest BCUT2D eigenvalue weighted by molar-refractivity contribution is -0.125. The molecule has 4 nitrogen and oxygen atoms in total. The van der Waals surface area contributed by atoms with Gasteiger partial charge in [-0.2, -0.15) is 0 Å². The molecule has 0 saturated carbocycles. The van der Waals surface area contributed by atoms with Crippen LogP contribution in [0, 0.1) is 5.92 Å². The summed E-state index contributed by atoms with van der Waals surface area (Å²) in [6, 6.07) is 17.0. The Balaban J connectivity index is 1.91. The number of nitrogens with one attached hydrogen (secondary N) is 1. The van der Waals surface area contributed by atoms with Crippen LogP contribution in [0.25, 0.3) is 11.0 Å². The molecule has 0 radical (unpaired) electrons. The first-order valence-corrected chi connectivity index (χ1v) is 11.3. The molecule has 0 bridgehead atoms. The maximum atomic E-state index is 12.7. The van der Waals surface area contributed by atoms with Gasteiger partial charge in [-0.3, -0.25) is 4.79 Å². The second-order valence-corrected chi connectivity index (χ2v) is 8.34. The molecule has 1 N–H and O–H groups in total. The Morgan fingerprint density at radius 2 is 1.63 bits per heavy atom. The normalized spacial score (nSPS) is 13.5. The van der Waals surface area contributed by atoms with Gasteiger partial charge in [0.15, 0.2) is 0 Å². The molecule has 1 heterocycles. The van der Waals surface area contributed by atoms with Gasteiger partial charge >= 0.3 is 0 Å². The van der Waals surface area contributed by atoms with E-state index in [0.717, 1.165) is 42.7 Å². The van der Waals surface area contributed by atoms with Crippen molar-refractivity contribution < 1.29 is 4.79 Å². The van der Waals surface area contributed by atoms with E-state index in [4.69, 9.17) is 4.98 Å². The monoisotopic (exact) mass is 405 g/mol. The van der Waals surface area contributed by atoms with E-state index >= 15 is 0 Å². The Labute approximate surface area is 180 Å². The molecule has 2 aromatic carbocycles. The van der Waals surface area contributed by atoms with Crippen LogP contribution in [0.3, 0.4) is 0 Å². The summed E-state index contributed by atoms with van der Waals surface area (Å²) < 4.78 is 2.24. The Hall–Kier alpha value is -2.62. The summed E-state index contributed by atoms with van der Waals surface area (Å²) >= 11 is 0. The smallest absolute Gasteiger partial charge is 0.223 e. The fourth-order valence-corrected chi connectivity index (χ4v) is 4.02. The van der Waals surface area contributed by atoms with Crippen molar-refractivity contribution in [2.24, 2.45) is 5.92 Å². The highest BCUT2D eigenvalue weighted by Gasteiger charge is 2.21. The molecule has 1 aromatic heterocycles. The third-order valence-electron chi connectivity index (χ3n) is 6.29. The van der Waals surface area contributed by atoms with Crippen LogP contribution in [0.2, 0.25) is 0 Å². The van der Waals surface area contributed by atoms with E-state index < -0.39 is 0 Å². The quantitative estimate of drug-likeness (QED) is 0.460. The second-order valence-electron chi connectivity index (χ2n) is 8.34. The predicted octanol–water partition coefficient (Wildman–Crippen LogP) is 6.21. The summed E-state index contributed by atoms with van der Waals surface area (Å²) in [4.78, 5) is 17.5. The van der Waals surface area contributed by atoms with Gasteiger partial charge in [-0.05, 0) is 55.4 Å². The molecular formula is C26H35N3O. The van der Waals surface area contributed by atoms with Gasteiger partial charge in [0.1, 0.15) is 5.82 Å². The minimum Gasteiger partial charge on any atom is -0.346 e. The first-order valence-electron chi connectivity index (χ1n) is 11.3. The van der Waals surface area contributed by atoms with Gasteiger partial charge in [0.05, 0.1) is 17.1 Å². The summed E-state index contributed by atoms with van der Waals surface area (Å²) in [5.41, 5.74) is 4.68. The average molecular weight is 406 g/mol. The van der Waals surface area contributed by atoms with Gasteiger partial charge in [-0.1, -0.05) is 64.1 Å². The fraction of sp³-hybridized carbons (Fsp3) is 0.462. The van der Waals surface area contributed by atoms with Crippen molar-refractivity contribution in [3.8, 4) is 0 Å². The predicted molar refractivity (Wildman–Crippen MR) is 125 cm³/mol. The molecule has 2 unspecified atom stereocenters. The Kier molecular flexibility index (Phi) is 7.30. The number of nitrogens with zero attached hydrogens (tertiary/aromatic N) is 2. The molecule has 30 heavy (non-hydrogen) atoms. The van der Waals surface area contributed by atoms with E-state index in [1.54, 1.807) is 0 Å². The zero-order chi connectivity index (χ0) is 21.7. The molecular weight excluding hydrogens is 370 g/mol. The lowest BCUT2D eigenvalue weighted by Crippen LogP contribution is -2.33. The number of carbonyl (C=O) groups excluding carboxylic acids is 1. The molecule has 3 aromatic rings. The molecule has 4 heteroatoms. The summed E-state index contributed by atoms with van der Waals surface area (Å²) in [7, 11) is 0. The van der Waals surface area contributed by atoms with Gasteiger partial charge in [0, 0.05) is 12.5 Å². The van der Waals surface area contributed by atoms with Gasteiger partial charge in [0.2, 0.25) is 5.91 Å². The summed E-state index contributed by atoms with van der Waals surface area (Å²) in [5.74, 6) is 1.65. The number of aromatic nitrogens is 2. The van der Waals surface area contributed by atoms with Gasteiger partial charge in [0.25, 0.3) is 0 Å². The number of rotatable bonds is 9. The van der Waals surface area contributed by atoms with Crippen molar-refractivity contribution >= 4 is 16.9 Å². The lowest BCUT2D eigenvalue weighted by atomic mass is 9.97. The summed E-state index contributed by atoms with van der Waals surface area (Å²) in [6.45, 7) is 11.4. The van der Waals surface area contributed by atoms with Crippen LogP contribution in [0.5, 0.6) is 0 Å². The Bertz CT molecular complexity index is 970. The standard InChI is InChI=1S/C26H35N3O/c1-6-18(4)22-15-13-20(14-16-22)17-29-24-12-10-9-11-23(24)28-25(29)19(5)27-26(30)21(7-2)8-3/h9-16,18-19,21H,6-8,17H2,1-5H3,(H,27,30). The number of hydrogen-bond donors (Lipinski definition) is 1. The topological polar surface area (TPSA) is 46.9 Å². The fourth-order valence-electron chi connectivity index (χ4n) is 4.02. The van der Waals surface area contributed by atoms with E-state index in [9.17, 15) is 4.79 Å². The van der Waals surface area contributed by atoms with E-state index in [2.05, 4.69) is 67.9 Å². The van der Waals surface area contributed by atoms with E-state index in [-0.39, 0.29) is 17.9 Å². The van der Waals surface area contributed by atoms with Crippen LogP contribution in [0.4, 0.5) is 0 Å². The maximum Gasteiger partial charge on any atom is 0.223 e. The molecule has 2 atom stereocenters. The summed E-state index contributed by atoms with van der Waals surface area (Å²) in [6.07, 6.45) is 2.85. The van der Waals surface area contributed by atoms with Crippen LogP contribution in [0.15, 0.2) is 48.5 Å². The molecule has 0 aliphatic rings. The van der Waals surface area contributed by atoms with Crippen molar-refractivity contribution in [1.29, 1.82) is 0 Å². The second kappa shape index (κ2) is 9.92. The number of imidazole rings is 1. The highest BCUT2D eigenvalue weighted by Crippen LogP contribution is 2.24. The van der Waals surface area contributed by atoms with Gasteiger partial charge in [-0.15, -0.1) is 0 Å². The number of benzene rings is 2. The zero-order valence-corrected chi connectivity index (χ0v) is 19.0. The van der Waals surface area contributed by atoms with Crippen LogP contribution in [-0.4, -0.2) is 15.5 Å². The maximum absolute atomic E-state index is 12.7. The number of fused-ring (bicyclic) bond motifs is 1. The van der Waals surface area contributed by atoms with E-state index in [0.29, 0.717) is 5.92 Å². The third kappa shape index (κ3) is 4.75. The number of para-hydroxylation sites is 2. The molecule has 1 amide bonds. The Morgan fingerprint density at radius 1 is 0.967 bits per heavy atom. The molecule has 0 aliphatic carbocycles. The van der Waals surface area contributed by atoms with Gasteiger partial charge in [-0.25, -0.2) is 4.98 Å². The molecule has 0 aliphatic heterocycles. The van der Waals surface area contributed by atoms with Crippen LogP contribution in [-0.2, 0) is 11.3 Å². The number of carbonyl (C=O) groups is 1. The largest absolute Gasteiger partial charge is 0.346 e. The lowest BCUT2D eigenvalue weighted by Gasteiger charge is -2.19. The average Bonchev–Trinajstić information content (AvgIpc) is 3.13. The molecule has 0 spiro atoms.